The first-order chi connectivity index (χ1) is 10.2. The summed E-state index contributed by atoms with van der Waals surface area (Å²) in [6.45, 7) is 1.95. The van der Waals surface area contributed by atoms with E-state index in [9.17, 15) is 9.59 Å². The van der Waals surface area contributed by atoms with E-state index in [1.807, 2.05) is 6.92 Å². The lowest BCUT2D eigenvalue weighted by molar-refractivity contribution is -0.151. The Hall–Kier alpha value is -1.32. The predicted octanol–water partition coefficient (Wildman–Crippen LogP) is 3.68. The van der Waals surface area contributed by atoms with Gasteiger partial charge in [0.1, 0.15) is 12.2 Å². The molecule has 0 saturated heterocycles. The van der Waals surface area contributed by atoms with Crippen molar-refractivity contribution in [2.24, 2.45) is 0 Å². The zero-order valence-electron chi connectivity index (χ0n) is 12.9. The predicted molar refractivity (Wildman–Crippen MR) is 79.7 cm³/mol. The highest BCUT2D eigenvalue weighted by Gasteiger charge is 2.24. The van der Waals surface area contributed by atoms with Crippen LogP contribution in [0.1, 0.15) is 71.1 Å². The van der Waals surface area contributed by atoms with E-state index in [4.69, 9.17) is 9.47 Å². The van der Waals surface area contributed by atoms with Gasteiger partial charge in [0.25, 0.3) is 0 Å². The van der Waals surface area contributed by atoms with Crippen LogP contribution in [0.15, 0.2) is 11.6 Å². The molecule has 2 rings (SSSR count). The maximum Gasteiger partial charge on any atom is 0.334 e. The van der Waals surface area contributed by atoms with Crippen LogP contribution in [0.3, 0.4) is 0 Å². The standard InChI is InChI=1S/C17H26O4/c1-2-7-13(17(19)21-15-10-5-6-11-15)12-16(18)20-14-8-3-4-9-14/h7,14-15H,2-6,8-12H2,1H3. The first kappa shape index (κ1) is 16.1. The third kappa shape index (κ3) is 5.18. The summed E-state index contributed by atoms with van der Waals surface area (Å²) in [6.07, 6.45) is 10.9. The Labute approximate surface area is 126 Å². The van der Waals surface area contributed by atoms with Crippen LogP contribution in [0.4, 0.5) is 0 Å². The van der Waals surface area contributed by atoms with Crippen molar-refractivity contribution >= 4 is 11.9 Å². The Kier molecular flexibility index (Phi) is 6.27. The number of hydrogen-bond donors (Lipinski definition) is 0. The second kappa shape index (κ2) is 8.20. The number of carbonyl (C=O) groups excluding carboxylic acids is 2. The summed E-state index contributed by atoms with van der Waals surface area (Å²) in [5.41, 5.74) is 0.451. The van der Waals surface area contributed by atoms with Gasteiger partial charge < -0.3 is 9.47 Å². The zero-order valence-corrected chi connectivity index (χ0v) is 12.9. The topological polar surface area (TPSA) is 52.6 Å². The van der Waals surface area contributed by atoms with Gasteiger partial charge in [0.05, 0.1) is 6.42 Å². The van der Waals surface area contributed by atoms with Crippen molar-refractivity contribution in [3.63, 3.8) is 0 Å². The quantitative estimate of drug-likeness (QED) is 0.554. The molecule has 0 aliphatic heterocycles. The molecule has 0 spiro atoms. The minimum absolute atomic E-state index is 0.0311. The lowest BCUT2D eigenvalue weighted by Gasteiger charge is -2.15. The van der Waals surface area contributed by atoms with E-state index in [2.05, 4.69) is 0 Å². The summed E-state index contributed by atoms with van der Waals surface area (Å²) in [5, 5.41) is 0. The van der Waals surface area contributed by atoms with Gasteiger partial charge in [0.2, 0.25) is 0 Å². The van der Waals surface area contributed by atoms with Gasteiger partial charge in [-0.05, 0) is 57.8 Å². The van der Waals surface area contributed by atoms with Crippen LogP contribution in [-0.4, -0.2) is 24.1 Å². The average molecular weight is 294 g/mol. The summed E-state index contributed by atoms with van der Waals surface area (Å²) in [6, 6.07) is 0. The van der Waals surface area contributed by atoms with E-state index in [1.165, 1.54) is 0 Å². The minimum atomic E-state index is -0.341. The number of ether oxygens (including phenoxy) is 2. The van der Waals surface area contributed by atoms with Gasteiger partial charge in [-0.1, -0.05) is 13.0 Å². The van der Waals surface area contributed by atoms with E-state index in [0.717, 1.165) is 51.4 Å². The monoisotopic (exact) mass is 294 g/mol. The number of hydrogen-bond acceptors (Lipinski definition) is 4. The van der Waals surface area contributed by atoms with E-state index in [1.54, 1.807) is 6.08 Å². The molecule has 4 heteroatoms. The van der Waals surface area contributed by atoms with Gasteiger partial charge in [0, 0.05) is 5.57 Å². The molecule has 4 nitrogen and oxygen atoms in total. The molecule has 0 N–H and O–H groups in total. The van der Waals surface area contributed by atoms with E-state index >= 15 is 0 Å². The minimum Gasteiger partial charge on any atom is -0.462 e. The van der Waals surface area contributed by atoms with Gasteiger partial charge in [-0.3, -0.25) is 4.79 Å². The van der Waals surface area contributed by atoms with Gasteiger partial charge in [-0.2, -0.15) is 0 Å². The van der Waals surface area contributed by atoms with Crippen molar-refractivity contribution in [1.82, 2.24) is 0 Å². The van der Waals surface area contributed by atoms with Gasteiger partial charge in [-0.15, -0.1) is 0 Å². The van der Waals surface area contributed by atoms with Crippen molar-refractivity contribution in [2.75, 3.05) is 0 Å². The average Bonchev–Trinajstić information content (AvgIpc) is 3.11. The van der Waals surface area contributed by atoms with Gasteiger partial charge in [-0.25, -0.2) is 4.79 Å². The van der Waals surface area contributed by atoms with Crippen LogP contribution in [0.25, 0.3) is 0 Å². The molecule has 0 atom stereocenters. The molecule has 2 fully saturated rings. The molecule has 0 bridgehead atoms. The molecule has 0 unspecified atom stereocenters. The molecule has 21 heavy (non-hydrogen) atoms. The molecule has 0 amide bonds. The van der Waals surface area contributed by atoms with Crippen LogP contribution >= 0.6 is 0 Å². The van der Waals surface area contributed by atoms with Crippen molar-refractivity contribution in [2.45, 2.75) is 83.3 Å². The van der Waals surface area contributed by atoms with Gasteiger partial charge in [0.15, 0.2) is 0 Å². The number of esters is 2. The molecule has 2 aliphatic rings. The number of allylic oxidation sites excluding steroid dienone is 1. The van der Waals surface area contributed by atoms with E-state index in [-0.39, 0.29) is 30.6 Å². The molecule has 0 aromatic heterocycles. The molecule has 2 saturated carbocycles. The molecule has 0 radical (unpaired) electrons. The van der Waals surface area contributed by atoms with Crippen LogP contribution in [0, 0.1) is 0 Å². The molecule has 0 aromatic rings. The van der Waals surface area contributed by atoms with E-state index in [0.29, 0.717) is 12.0 Å². The SMILES string of the molecule is CCC=C(CC(=O)OC1CCCC1)C(=O)OC1CCCC1. The number of carbonyl (C=O) groups is 2. The lowest BCUT2D eigenvalue weighted by atomic mass is 10.1. The Balaban J connectivity index is 1.83. The van der Waals surface area contributed by atoms with Crippen LogP contribution in [0.5, 0.6) is 0 Å². The van der Waals surface area contributed by atoms with Crippen LogP contribution < -0.4 is 0 Å². The highest BCUT2D eigenvalue weighted by Crippen LogP contribution is 2.24. The fourth-order valence-corrected chi connectivity index (χ4v) is 3.10. The smallest absolute Gasteiger partial charge is 0.334 e. The van der Waals surface area contributed by atoms with Crippen molar-refractivity contribution in [1.29, 1.82) is 0 Å². The molecular formula is C17H26O4. The Morgan fingerprint density at radius 1 is 0.952 bits per heavy atom. The third-order valence-corrected chi connectivity index (χ3v) is 4.22. The van der Waals surface area contributed by atoms with Gasteiger partial charge >= 0.3 is 11.9 Å². The normalized spacial score (nSPS) is 20.7. The summed E-state index contributed by atoms with van der Waals surface area (Å²) in [4.78, 5) is 24.1. The second-order valence-corrected chi connectivity index (χ2v) is 6.02. The first-order valence-corrected chi connectivity index (χ1v) is 8.28. The second-order valence-electron chi connectivity index (χ2n) is 6.02. The maximum absolute atomic E-state index is 12.2. The van der Waals surface area contributed by atoms with Crippen molar-refractivity contribution in [3.05, 3.63) is 11.6 Å². The molecule has 2 aliphatic carbocycles. The fourth-order valence-electron chi connectivity index (χ4n) is 3.10. The highest BCUT2D eigenvalue weighted by atomic mass is 16.6. The maximum atomic E-state index is 12.2. The molecule has 0 aromatic carbocycles. The summed E-state index contributed by atoms with van der Waals surface area (Å²) >= 11 is 0. The van der Waals surface area contributed by atoms with E-state index < -0.39 is 0 Å². The Bertz CT molecular complexity index is 388. The largest absolute Gasteiger partial charge is 0.462 e. The molecule has 0 heterocycles. The fraction of sp³-hybridized carbons (Fsp3) is 0.765. The zero-order chi connectivity index (χ0) is 15.1. The summed E-state index contributed by atoms with van der Waals surface area (Å²) in [5.74, 6) is -0.642. The molecule has 118 valence electrons. The Morgan fingerprint density at radius 2 is 1.48 bits per heavy atom. The third-order valence-electron chi connectivity index (χ3n) is 4.22. The van der Waals surface area contributed by atoms with Crippen LogP contribution in [-0.2, 0) is 19.1 Å². The summed E-state index contributed by atoms with van der Waals surface area (Å²) in [7, 11) is 0. The molecular weight excluding hydrogens is 268 g/mol. The summed E-state index contributed by atoms with van der Waals surface area (Å²) < 4.78 is 10.9. The van der Waals surface area contributed by atoms with Crippen molar-refractivity contribution in [3.8, 4) is 0 Å². The first-order valence-electron chi connectivity index (χ1n) is 8.28. The lowest BCUT2D eigenvalue weighted by Crippen LogP contribution is -2.21. The van der Waals surface area contributed by atoms with Crippen LogP contribution in [0.2, 0.25) is 0 Å². The Morgan fingerprint density at radius 3 is 2.00 bits per heavy atom. The number of rotatable bonds is 6. The highest BCUT2D eigenvalue weighted by molar-refractivity contribution is 5.94. The van der Waals surface area contributed by atoms with Crippen molar-refractivity contribution < 1.29 is 19.1 Å².